The molecule has 1 aromatic rings. The maximum Gasteiger partial charge on any atom is 0.320 e. The van der Waals surface area contributed by atoms with Crippen LogP contribution in [0, 0.1) is 6.92 Å². The van der Waals surface area contributed by atoms with Crippen molar-refractivity contribution >= 4 is 17.6 Å². The molecule has 0 unspecified atom stereocenters. The zero-order valence-electron chi connectivity index (χ0n) is 11.2. The maximum atomic E-state index is 11.7. The van der Waals surface area contributed by atoms with Gasteiger partial charge in [-0.1, -0.05) is 6.07 Å². The summed E-state index contributed by atoms with van der Waals surface area (Å²) in [6.45, 7) is 3.30. The fraction of sp³-hybridized carbons (Fsp3) is 0.385. The first-order valence-corrected chi connectivity index (χ1v) is 5.84. The summed E-state index contributed by atoms with van der Waals surface area (Å²) in [4.78, 5) is 22.3. The highest BCUT2D eigenvalue weighted by atomic mass is 16.5. The normalized spacial score (nSPS) is 11.7. The van der Waals surface area contributed by atoms with Crippen LogP contribution in [0.1, 0.15) is 12.5 Å². The fourth-order valence-corrected chi connectivity index (χ4v) is 1.45. The Balaban J connectivity index is 2.62. The SMILES string of the molecule is COc1ccc(C)cc1NC(=O)CN[C@@H](C)C(=O)O. The second kappa shape index (κ2) is 6.75. The summed E-state index contributed by atoms with van der Waals surface area (Å²) in [5.41, 5.74) is 1.56. The highest BCUT2D eigenvalue weighted by molar-refractivity contribution is 5.94. The second-order valence-corrected chi connectivity index (χ2v) is 4.19. The molecule has 6 nitrogen and oxygen atoms in total. The molecule has 6 heteroatoms. The number of nitrogens with one attached hydrogen (secondary N) is 2. The summed E-state index contributed by atoms with van der Waals surface area (Å²) in [6, 6.07) is 4.65. The van der Waals surface area contributed by atoms with Crippen molar-refractivity contribution < 1.29 is 19.4 Å². The Labute approximate surface area is 111 Å². The molecule has 0 saturated carbocycles. The zero-order valence-corrected chi connectivity index (χ0v) is 11.2. The molecule has 1 rings (SSSR count). The van der Waals surface area contributed by atoms with Gasteiger partial charge in [-0.15, -0.1) is 0 Å². The van der Waals surface area contributed by atoms with E-state index < -0.39 is 12.0 Å². The molecule has 0 fully saturated rings. The minimum absolute atomic E-state index is 0.0788. The van der Waals surface area contributed by atoms with Crippen molar-refractivity contribution in [1.82, 2.24) is 5.32 Å². The van der Waals surface area contributed by atoms with Gasteiger partial charge in [0.05, 0.1) is 19.3 Å². The summed E-state index contributed by atoms with van der Waals surface area (Å²) in [5.74, 6) is -0.761. The Morgan fingerprint density at radius 2 is 2.11 bits per heavy atom. The van der Waals surface area contributed by atoms with Gasteiger partial charge < -0.3 is 15.2 Å². The smallest absolute Gasteiger partial charge is 0.320 e. The van der Waals surface area contributed by atoms with Gasteiger partial charge in [0.25, 0.3) is 0 Å². The zero-order chi connectivity index (χ0) is 14.4. The van der Waals surface area contributed by atoms with E-state index in [9.17, 15) is 9.59 Å². The Hall–Kier alpha value is -2.08. The number of carbonyl (C=O) groups excluding carboxylic acids is 1. The van der Waals surface area contributed by atoms with E-state index in [1.807, 2.05) is 13.0 Å². The number of hydrogen-bond donors (Lipinski definition) is 3. The van der Waals surface area contributed by atoms with Gasteiger partial charge >= 0.3 is 5.97 Å². The first kappa shape index (κ1) is 15.0. The third-order valence-electron chi connectivity index (χ3n) is 2.57. The average Bonchev–Trinajstić information content (AvgIpc) is 2.36. The van der Waals surface area contributed by atoms with Gasteiger partial charge in [0, 0.05) is 0 Å². The van der Waals surface area contributed by atoms with Crippen LogP contribution in [0.5, 0.6) is 5.75 Å². The van der Waals surface area contributed by atoms with Crippen molar-refractivity contribution in [3.05, 3.63) is 23.8 Å². The van der Waals surface area contributed by atoms with Gasteiger partial charge in [0.1, 0.15) is 11.8 Å². The number of methoxy groups -OCH3 is 1. The molecule has 0 aromatic heterocycles. The lowest BCUT2D eigenvalue weighted by atomic mass is 10.2. The van der Waals surface area contributed by atoms with Crippen molar-refractivity contribution in [2.24, 2.45) is 0 Å². The van der Waals surface area contributed by atoms with E-state index in [1.165, 1.54) is 14.0 Å². The number of ether oxygens (including phenoxy) is 1. The third-order valence-corrected chi connectivity index (χ3v) is 2.57. The highest BCUT2D eigenvalue weighted by Crippen LogP contribution is 2.24. The van der Waals surface area contributed by atoms with Gasteiger partial charge in [-0.3, -0.25) is 14.9 Å². The lowest BCUT2D eigenvalue weighted by Crippen LogP contribution is -2.39. The Morgan fingerprint density at radius 1 is 1.42 bits per heavy atom. The molecule has 0 aliphatic rings. The standard InChI is InChI=1S/C13H18N2O4/c1-8-4-5-11(19-3)10(6-8)15-12(16)7-14-9(2)13(17)18/h4-6,9,14H,7H2,1-3H3,(H,15,16)(H,17,18)/t9-/m0/s1. The quantitative estimate of drug-likeness (QED) is 0.715. The predicted octanol–water partition coefficient (Wildman–Crippen LogP) is 1.00. The third kappa shape index (κ3) is 4.59. The van der Waals surface area contributed by atoms with Crippen LogP contribution < -0.4 is 15.4 Å². The minimum Gasteiger partial charge on any atom is -0.495 e. The molecule has 3 N–H and O–H groups in total. The Morgan fingerprint density at radius 3 is 2.68 bits per heavy atom. The summed E-state index contributed by atoms with van der Waals surface area (Å²) in [5, 5.41) is 14.0. The first-order chi connectivity index (χ1) is 8.93. The second-order valence-electron chi connectivity index (χ2n) is 4.19. The van der Waals surface area contributed by atoms with Crippen LogP contribution >= 0.6 is 0 Å². The molecule has 0 saturated heterocycles. The summed E-state index contributed by atoms with van der Waals surface area (Å²) < 4.78 is 5.14. The van der Waals surface area contributed by atoms with Gasteiger partial charge in [0.2, 0.25) is 5.91 Å². The Bertz CT molecular complexity index is 474. The molecule has 0 aliphatic carbocycles. The number of hydrogen-bond acceptors (Lipinski definition) is 4. The number of rotatable bonds is 6. The lowest BCUT2D eigenvalue weighted by Gasteiger charge is -2.12. The van der Waals surface area contributed by atoms with E-state index in [2.05, 4.69) is 10.6 Å². The molecule has 0 heterocycles. The van der Waals surface area contributed by atoms with E-state index in [0.29, 0.717) is 11.4 Å². The van der Waals surface area contributed by atoms with E-state index in [4.69, 9.17) is 9.84 Å². The fourth-order valence-electron chi connectivity index (χ4n) is 1.45. The number of aryl methyl sites for hydroxylation is 1. The average molecular weight is 266 g/mol. The predicted molar refractivity (Wildman–Crippen MR) is 71.5 cm³/mol. The van der Waals surface area contributed by atoms with Crippen molar-refractivity contribution in [3.8, 4) is 5.75 Å². The number of benzene rings is 1. The van der Waals surface area contributed by atoms with Crippen LogP contribution in [0.2, 0.25) is 0 Å². The van der Waals surface area contributed by atoms with Gasteiger partial charge in [0.15, 0.2) is 0 Å². The van der Waals surface area contributed by atoms with Crippen LogP contribution in [0.3, 0.4) is 0 Å². The molecule has 104 valence electrons. The van der Waals surface area contributed by atoms with Gasteiger partial charge in [-0.25, -0.2) is 0 Å². The van der Waals surface area contributed by atoms with E-state index in [1.54, 1.807) is 12.1 Å². The van der Waals surface area contributed by atoms with E-state index in [-0.39, 0.29) is 12.5 Å². The number of carbonyl (C=O) groups is 2. The molecule has 19 heavy (non-hydrogen) atoms. The lowest BCUT2D eigenvalue weighted by molar-refractivity contribution is -0.139. The van der Waals surface area contributed by atoms with Crippen molar-refractivity contribution in [2.75, 3.05) is 19.0 Å². The van der Waals surface area contributed by atoms with Crippen molar-refractivity contribution in [2.45, 2.75) is 19.9 Å². The maximum absolute atomic E-state index is 11.7. The molecule has 1 amide bonds. The van der Waals surface area contributed by atoms with Crippen molar-refractivity contribution in [1.29, 1.82) is 0 Å². The minimum atomic E-state index is -0.999. The molecule has 1 atom stereocenters. The van der Waals surface area contributed by atoms with Crippen molar-refractivity contribution in [3.63, 3.8) is 0 Å². The summed E-state index contributed by atoms with van der Waals surface area (Å²) in [6.07, 6.45) is 0. The molecular weight excluding hydrogens is 248 g/mol. The highest BCUT2D eigenvalue weighted by Gasteiger charge is 2.13. The molecular formula is C13H18N2O4. The number of carboxylic acids is 1. The van der Waals surface area contributed by atoms with Crippen LogP contribution in [0.4, 0.5) is 5.69 Å². The number of carboxylic acid groups (broad SMARTS) is 1. The molecule has 0 aliphatic heterocycles. The molecule has 0 bridgehead atoms. The molecule has 1 aromatic carbocycles. The number of anilines is 1. The topological polar surface area (TPSA) is 87.7 Å². The number of aliphatic carboxylic acids is 1. The van der Waals surface area contributed by atoms with Crippen LogP contribution in [-0.4, -0.2) is 36.7 Å². The first-order valence-electron chi connectivity index (χ1n) is 5.84. The van der Waals surface area contributed by atoms with Crippen LogP contribution in [-0.2, 0) is 9.59 Å². The molecule has 0 radical (unpaired) electrons. The number of amides is 1. The van der Waals surface area contributed by atoms with Crippen LogP contribution in [0.15, 0.2) is 18.2 Å². The van der Waals surface area contributed by atoms with Gasteiger partial charge in [-0.05, 0) is 31.5 Å². The Kier molecular flexibility index (Phi) is 5.32. The largest absolute Gasteiger partial charge is 0.495 e. The van der Waals surface area contributed by atoms with Gasteiger partial charge in [-0.2, -0.15) is 0 Å². The van der Waals surface area contributed by atoms with E-state index >= 15 is 0 Å². The van der Waals surface area contributed by atoms with E-state index in [0.717, 1.165) is 5.56 Å². The summed E-state index contributed by atoms with van der Waals surface area (Å²) in [7, 11) is 1.52. The van der Waals surface area contributed by atoms with Crippen LogP contribution in [0.25, 0.3) is 0 Å². The summed E-state index contributed by atoms with van der Waals surface area (Å²) >= 11 is 0. The molecule has 0 spiro atoms. The monoisotopic (exact) mass is 266 g/mol.